The first kappa shape index (κ1) is 19.5. The van der Waals surface area contributed by atoms with Crippen molar-refractivity contribution in [2.75, 3.05) is 36.1 Å². The molecule has 0 unspecified atom stereocenters. The van der Waals surface area contributed by atoms with Gasteiger partial charge in [-0.2, -0.15) is 16.9 Å². The molecule has 0 bridgehead atoms. The third kappa shape index (κ3) is 4.29. The summed E-state index contributed by atoms with van der Waals surface area (Å²) in [6.07, 6.45) is 1.77. The summed E-state index contributed by atoms with van der Waals surface area (Å²) in [6, 6.07) is 7.69. The van der Waals surface area contributed by atoms with E-state index in [1.165, 1.54) is 0 Å². The predicted octanol–water partition coefficient (Wildman–Crippen LogP) is 2.25. The number of hydrogen-bond acceptors (Lipinski definition) is 7. The molecule has 1 amide bonds. The standard InChI is InChI=1S/C20H24N6O2S/c1-3-28-15-6-4-5-14(11-15)12-21-20(27)17-23-18-16(13-22-25(18)2)19(24-17)26-7-9-29-10-8-26/h4-6,11,13H,3,7-10,12H2,1-2H3,(H,21,27). The highest BCUT2D eigenvalue weighted by molar-refractivity contribution is 7.99. The number of nitrogens with one attached hydrogen (secondary N) is 1. The number of hydrogen-bond donors (Lipinski definition) is 1. The maximum absolute atomic E-state index is 12.8. The summed E-state index contributed by atoms with van der Waals surface area (Å²) in [5, 5.41) is 8.10. The Balaban J connectivity index is 1.57. The van der Waals surface area contributed by atoms with Crippen LogP contribution < -0.4 is 15.0 Å². The van der Waals surface area contributed by atoms with E-state index in [2.05, 4.69) is 25.3 Å². The Morgan fingerprint density at radius 2 is 2.10 bits per heavy atom. The normalized spacial score (nSPS) is 14.2. The van der Waals surface area contributed by atoms with E-state index in [1.807, 2.05) is 50.0 Å². The van der Waals surface area contributed by atoms with Crippen molar-refractivity contribution in [1.82, 2.24) is 25.1 Å². The van der Waals surface area contributed by atoms with Crippen molar-refractivity contribution in [1.29, 1.82) is 0 Å². The zero-order valence-corrected chi connectivity index (χ0v) is 17.4. The SMILES string of the molecule is CCOc1cccc(CNC(=O)c2nc(N3CCSCC3)c3cnn(C)c3n2)c1. The number of anilines is 1. The van der Waals surface area contributed by atoms with E-state index >= 15 is 0 Å². The minimum Gasteiger partial charge on any atom is -0.494 e. The van der Waals surface area contributed by atoms with E-state index in [4.69, 9.17) is 4.74 Å². The van der Waals surface area contributed by atoms with Crippen molar-refractivity contribution in [3.63, 3.8) is 0 Å². The third-order valence-electron chi connectivity index (χ3n) is 4.75. The summed E-state index contributed by atoms with van der Waals surface area (Å²) in [5.74, 6) is 3.52. The fourth-order valence-corrected chi connectivity index (χ4v) is 4.20. The molecule has 29 heavy (non-hydrogen) atoms. The lowest BCUT2D eigenvalue weighted by molar-refractivity contribution is 0.0940. The van der Waals surface area contributed by atoms with Crippen LogP contribution in [0.3, 0.4) is 0 Å². The molecule has 1 saturated heterocycles. The molecule has 3 aromatic rings. The fourth-order valence-electron chi connectivity index (χ4n) is 3.30. The number of thioether (sulfide) groups is 1. The van der Waals surface area contributed by atoms with E-state index in [-0.39, 0.29) is 11.7 Å². The Hall–Kier alpha value is -2.81. The van der Waals surface area contributed by atoms with Crippen LogP contribution in [0.1, 0.15) is 23.1 Å². The molecule has 2 aromatic heterocycles. The molecule has 0 radical (unpaired) electrons. The van der Waals surface area contributed by atoms with Crippen molar-refractivity contribution in [3.05, 3.63) is 41.9 Å². The lowest BCUT2D eigenvalue weighted by atomic mass is 10.2. The van der Waals surface area contributed by atoms with Crippen LogP contribution in [-0.4, -0.2) is 56.9 Å². The Labute approximate surface area is 173 Å². The van der Waals surface area contributed by atoms with Gasteiger partial charge in [-0.1, -0.05) is 12.1 Å². The third-order valence-corrected chi connectivity index (χ3v) is 5.69. The average Bonchev–Trinajstić information content (AvgIpc) is 3.13. The summed E-state index contributed by atoms with van der Waals surface area (Å²) in [7, 11) is 1.83. The number of amides is 1. The van der Waals surface area contributed by atoms with Gasteiger partial charge in [0.15, 0.2) is 5.65 Å². The lowest BCUT2D eigenvalue weighted by Gasteiger charge is -2.27. The van der Waals surface area contributed by atoms with Crippen molar-refractivity contribution >= 4 is 34.5 Å². The number of nitrogens with zero attached hydrogens (tertiary/aromatic N) is 5. The largest absolute Gasteiger partial charge is 0.494 e. The number of carbonyl (C=O) groups is 1. The maximum atomic E-state index is 12.8. The van der Waals surface area contributed by atoms with E-state index < -0.39 is 0 Å². The van der Waals surface area contributed by atoms with Crippen LogP contribution in [0.2, 0.25) is 0 Å². The number of aromatic nitrogens is 4. The molecule has 0 spiro atoms. The van der Waals surface area contributed by atoms with Crippen molar-refractivity contribution in [2.24, 2.45) is 7.05 Å². The number of ether oxygens (including phenoxy) is 1. The minimum absolute atomic E-state index is 0.162. The molecule has 0 saturated carbocycles. The van der Waals surface area contributed by atoms with Gasteiger partial charge in [-0.15, -0.1) is 0 Å². The van der Waals surface area contributed by atoms with Crippen LogP contribution in [0, 0.1) is 0 Å². The van der Waals surface area contributed by atoms with E-state index in [1.54, 1.807) is 10.9 Å². The highest BCUT2D eigenvalue weighted by atomic mass is 32.2. The van der Waals surface area contributed by atoms with Crippen LogP contribution in [-0.2, 0) is 13.6 Å². The first-order chi connectivity index (χ1) is 14.2. The van der Waals surface area contributed by atoms with Gasteiger partial charge < -0.3 is 15.0 Å². The maximum Gasteiger partial charge on any atom is 0.289 e. The van der Waals surface area contributed by atoms with Gasteiger partial charge >= 0.3 is 0 Å². The second-order valence-corrected chi connectivity index (χ2v) is 7.96. The molecule has 1 N–H and O–H groups in total. The second-order valence-electron chi connectivity index (χ2n) is 6.74. The summed E-state index contributed by atoms with van der Waals surface area (Å²) >= 11 is 1.93. The number of rotatable bonds is 6. The van der Waals surface area contributed by atoms with Gasteiger partial charge in [-0.25, -0.2) is 9.97 Å². The monoisotopic (exact) mass is 412 g/mol. The summed E-state index contributed by atoms with van der Waals surface area (Å²) < 4.78 is 7.20. The molecule has 152 valence electrons. The molecule has 1 aliphatic rings. The van der Waals surface area contributed by atoms with Crippen LogP contribution in [0.25, 0.3) is 11.0 Å². The van der Waals surface area contributed by atoms with Gasteiger partial charge in [-0.05, 0) is 24.6 Å². The molecule has 0 atom stereocenters. The van der Waals surface area contributed by atoms with Gasteiger partial charge in [-0.3, -0.25) is 9.48 Å². The quantitative estimate of drug-likeness (QED) is 0.665. The summed E-state index contributed by atoms with van der Waals surface area (Å²) in [5.41, 5.74) is 1.62. The van der Waals surface area contributed by atoms with E-state index in [9.17, 15) is 4.79 Å². The van der Waals surface area contributed by atoms with E-state index in [0.717, 1.165) is 47.1 Å². The Morgan fingerprint density at radius 3 is 2.90 bits per heavy atom. The zero-order chi connectivity index (χ0) is 20.2. The molecule has 3 heterocycles. The Morgan fingerprint density at radius 1 is 1.28 bits per heavy atom. The molecule has 8 nitrogen and oxygen atoms in total. The smallest absolute Gasteiger partial charge is 0.289 e. The number of fused-ring (bicyclic) bond motifs is 1. The van der Waals surface area contributed by atoms with Gasteiger partial charge in [0.1, 0.15) is 11.6 Å². The molecular weight excluding hydrogens is 388 g/mol. The van der Waals surface area contributed by atoms with Crippen molar-refractivity contribution in [2.45, 2.75) is 13.5 Å². The van der Waals surface area contributed by atoms with Gasteiger partial charge in [0.25, 0.3) is 5.91 Å². The van der Waals surface area contributed by atoms with Gasteiger partial charge in [0.05, 0.1) is 18.2 Å². The lowest BCUT2D eigenvalue weighted by Crippen LogP contribution is -2.34. The topological polar surface area (TPSA) is 85.2 Å². The first-order valence-electron chi connectivity index (χ1n) is 9.68. The molecule has 1 aliphatic heterocycles. The molecule has 1 aromatic carbocycles. The highest BCUT2D eigenvalue weighted by Crippen LogP contribution is 2.26. The molecule has 9 heteroatoms. The molecule has 1 fully saturated rings. The average molecular weight is 413 g/mol. The van der Waals surface area contributed by atoms with Crippen LogP contribution in [0.4, 0.5) is 5.82 Å². The van der Waals surface area contributed by atoms with Crippen molar-refractivity contribution < 1.29 is 9.53 Å². The summed E-state index contributed by atoms with van der Waals surface area (Å²) in [6.45, 7) is 4.72. The molecular formula is C20H24N6O2S. The fraction of sp³-hybridized carbons (Fsp3) is 0.400. The predicted molar refractivity (Wildman–Crippen MR) is 115 cm³/mol. The number of aryl methyl sites for hydroxylation is 1. The zero-order valence-electron chi connectivity index (χ0n) is 16.6. The van der Waals surface area contributed by atoms with E-state index in [0.29, 0.717) is 18.8 Å². The molecule has 0 aliphatic carbocycles. The first-order valence-corrected chi connectivity index (χ1v) is 10.8. The minimum atomic E-state index is -0.303. The number of carbonyl (C=O) groups excluding carboxylic acids is 1. The highest BCUT2D eigenvalue weighted by Gasteiger charge is 2.21. The van der Waals surface area contributed by atoms with Crippen molar-refractivity contribution in [3.8, 4) is 5.75 Å². The Kier molecular flexibility index (Phi) is 5.84. The number of benzene rings is 1. The Bertz CT molecular complexity index is 1020. The molecule has 4 rings (SSSR count). The van der Waals surface area contributed by atoms with Crippen LogP contribution in [0.5, 0.6) is 5.75 Å². The van der Waals surface area contributed by atoms with Crippen LogP contribution >= 0.6 is 11.8 Å². The van der Waals surface area contributed by atoms with Gasteiger partial charge in [0, 0.05) is 38.2 Å². The van der Waals surface area contributed by atoms with Crippen LogP contribution in [0.15, 0.2) is 30.5 Å². The summed E-state index contributed by atoms with van der Waals surface area (Å²) in [4.78, 5) is 24.1. The second kappa shape index (κ2) is 8.69. The van der Waals surface area contributed by atoms with Gasteiger partial charge in [0.2, 0.25) is 5.82 Å².